The van der Waals surface area contributed by atoms with Crippen molar-refractivity contribution in [1.82, 2.24) is 14.8 Å². The van der Waals surface area contributed by atoms with Crippen molar-refractivity contribution in [2.45, 2.75) is 32.2 Å². The van der Waals surface area contributed by atoms with Gasteiger partial charge in [0.2, 0.25) is 0 Å². The summed E-state index contributed by atoms with van der Waals surface area (Å²) in [6, 6.07) is 0. The number of ether oxygens (including phenoxy) is 1. The van der Waals surface area contributed by atoms with Crippen LogP contribution in [0.25, 0.3) is 0 Å². The Labute approximate surface area is 137 Å². The van der Waals surface area contributed by atoms with Gasteiger partial charge in [0.05, 0.1) is 19.8 Å². The van der Waals surface area contributed by atoms with E-state index in [1.165, 1.54) is 56.9 Å². The second-order valence-corrected chi connectivity index (χ2v) is 8.45. The molecule has 3 heterocycles. The highest BCUT2D eigenvalue weighted by Crippen LogP contribution is 2.36. The Hall–Kier alpha value is -0.490. The first-order valence-electron chi connectivity index (χ1n) is 8.72. The molecule has 22 heavy (non-hydrogen) atoms. The van der Waals surface area contributed by atoms with Crippen molar-refractivity contribution in [3.05, 3.63) is 16.6 Å². The summed E-state index contributed by atoms with van der Waals surface area (Å²) in [6.07, 6.45) is 7.43. The van der Waals surface area contributed by atoms with Gasteiger partial charge in [-0.1, -0.05) is 0 Å². The highest BCUT2D eigenvalue weighted by atomic mass is 32.1. The summed E-state index contributed by atoms with van der Waals surface area (Å²) >= 11 is 1.78. The van der Waals surface area contributed by atoms with Crippen LogP contribution in [0.4, 0.5) is 0 Å². The van der Waals surface area contributed by atoms with Gasteiger partial charge in [-0.05, 0) is 38.1 Å². The molecule has 1 aliphatic carbocycles. The fourth-order valence-electron chi connectivity index (χ4n) is 4.12. The zero-order valence-corrected chi connectivity index (χ0v) is 14.2. The van der Waals surface area contributed by atoms with Gasteiger partial charge in [-0.2, -0.15) is 0 Å². The maximum atomic E-state index is 6.02. The fourth-order valence-corrected chi connectivity index (χ4v) is 4.77. The van der Waals surface area contributed by atoms with Crippen LogP contribution in [0.3, 0.4) is 0 Å². The lowest BCUT2D eigenvalue weighted by Gasteiger charge is -2.43. The molecular weight excluding hydrogens is 294 g/mol. The topological polar surface area (TPSA) is 28.6 Å². The first kappa shape index (κ1) is 15.1. The predicted octanol–water partition coefficient (Wildman–Crippen LogP) is 2.47. The van der Waals surface area contributed by atoms with Crippen LogP contribution in [0.5, 0.6) is 0 Å². The summed E-state index contributed by atoms with van der Waals surface area (Å²) in [4.78, 5) is 9.76. The number of thiazole rings is 1. The van der Waals surface area contributed by atoms with E-state index in [0.29, 0.717) is 5.41 Å². The number of likely N-dealkylation sites (tertiary alicyclic amines) is 1. The van der Waals surface area contributed by atoms with Crippen molar-refractivity contribution in [3.63, 3.8) is 0 Å². The van der Waals surface area contributed by atoms with Gasteiger partial charge in [-0.25, -0.2) is 4.98 Å². The standard InChI is InChI=1S/C17H27N3OS/c1-4-17(12-19(6-1)11-16-18-5-9-22-16)13-20(7-8-21-14-17)10-15-2-3-15/h5,9,15H,1-4,6-8,10-14H2. The predicted molar refractivity (Wildman–Crippen MR) is 89.0 cm³/mol. The molecular formula is C17H27N3OS. The average Bonchev–Trinajstić information content (AvgIpc) is 3.22. The van der Waals surface area contributed by atoms with E-state index in [-0.39, 0.29) is 0 Å². The van der Waals surface area contributed by atoms with Gasteiger partial charge < -0.3 is 9.64 Å². The van der Waals surface area contributed by atoms with Crippen LogP contribution >= 0.6 is 11.3 Å². The van der Waals surface area contributed by atoms with Crippen LogP contribution in [0.1, 0.15) is 30.7 Å². The Morgan fingerprint density at radius 3 is 3.00 bits per heavy atom. The Morgan fingerprint density at radius 1 is 1.27 bits per heavy atom. The third kappa shape index (κ3) is 3.70. The number of hydrogen-bond donors (Lipinski definition) is 0. The maximum Gasteiger partial charge on any atom is 0.107 e. The highest BCUT2D eigenvalue weighted by Gasteiger charge is 2.39. The number of aromatic nitrogens is 1. The molecule has 1 unspecified atom stereocenters. The second kappa shape index (κ2) is 6.56. The van der Waals surface area contributed by atoms with E-state index < -0.39 is 0 Å². The second-order valence-electron chi connectivity index (χ2n) is 7.47. The molecule has 1 spiro atoms. The third-order valence-corrected chi connectivity index (χ3v) is 6.08. The van der Waals surface area contributed by atoms with Crippen LogP contribution in [0.15, 0.2) is 11.6 Å². The summed E-state index contributed by atoms with van der Waals surface area (Å²) in [6.45, 7) is 8.93. The van der Waals surface area contributed by atoms with Gasteiger partial charge in [0.1, 0.15) is 5.01 Å². The smallest absolute Gasteiger partial charge is 0.107 e. The normalized spacial score (nSPS) is 31.5. The SMILES string of the molecule is c1csc(CN2CCCC3(COCCN(CC4CC4)C3)C2)n1. The first-order chi connectivity index (χ1) is 10.8. The molecule has 1 aromatic heterocycles. The Kier molecular flexibility index (Phi) is 4.49. The van der Waals surface area contributed by atoms with E-state index in [2.05, 4.69) is 20.2 Å². The lowest BCUT2D eigenvalue weighted by molar-refractivity contribution is 0.00273. The summed E-state index contributed by atoms with van der Waals surface area (Å²) in [5.74, 6) is 0.977. The lowest BCUT2D eigenvalue weighted by atomic mass is 9.80. The summed E-state index contributed by atoms with van der Waals surface area (Å²) in [7, 11) is 0. The minimum atomic E-state index is 0.348. The molecule has 122 valence electrons. The number of rotatable bonds is 4. The number of hydrogen-bond acceptors (Lipinski definition) is 5. The molecule has 0 N–H and O–H groups in total. The quantitative estimate of drug-likeness (QED) is 0.852. The van der Waals surface area contributed by atoms with Crippen molar-refractivity contribution >= 4 is 11.3 Å². The van der Waals surface area contributed by atoms with E-state index in [4.69, 9.17) is 4.74 Å². The molecule has 0 bridgehead atoms. The van der Waals surface area contributed by atoms with Gasteiger partial charge in [-0.3, -0.25) is 4.90 Å². The molecule has 4 rings (SSSR count). The van der Waals surface area contributed by atoms with Crippen molar-refractivity contribution in [2.24, 2.45) is 11.3 Å². The molecule has 5 heteroatoms. The highest BCUT2D eigenvalue weighted by molar-refractivity contribution is 7.09. The summed E-state index contributed by atoms with van der Waals surface area (Å²) in [5, 5.41) is 3.34. The molecule has 4 nitrogen and oxygen atoms in total. The largest absolute Gasteiger partial charge is 0.379 e. The average molecular weight is 321 g/mol. The first-order valence-corrected chi connectivity index (χ1v) is 9.60. The van der Waals surface area contributed by atoms with Crippen LogP contribution in [-0.4, -0.2) is 60.7 Å². The van der Waals surface area contributed by atoms with Gasteiger partial charge in [-0.15, -0.1) is 11.3 Å². The molecule has 0 amide bonds. The van der Waals surface area contributed by atoms with Crippen molar-refractivity contribution < 1.29 is 4.74 Å². The van der Waals surface area contributed by atoms with Crippen LogP contribution in [-0.2, 0) is 11.3 Å². The fraction of sp³-hybridized carbons (Fsp3) is 0.824. The van der Waals surface area contributed by atoms with E-state index in [0.717, 1.165) is 32.2 Å². The van der Waals surface area contributed by atoms with Crippen LogP contribution in [0.2, 0.25) is 0 Å². The van der Waals surface area contributed by atoms with Gasteiger partial charge in [0, 0.05) is 43.2 Å². The zero-order chi connectivity index (χ0) is 14.8. The van der Waals surface area contributed by atoms with Gasteiger partial charge in [0.15, 0.2) is 0 Å². The molecule has 1 atom stereocenters. The van der Waals surface area contributed by atoms with Gasteiger partial charge in [0.25, 0.3) is 0 Å². The van der Waals surface area contributed by atoms with Crippen molar-refractivity contribution in [3.8, 4) is 0 Å². The lowest BCUT2D eigenvalue weighted by Crippen LogP contribution is -2.50. The Balaban J connectivity index is 1.41. The number of nitrogens with zero attached hydrogens (tertiary/aromatic N) is 3. The molecule has 0 radical (unpaired) electrons. The zero-order valence-electron chi connectivity index (χ0n) is 13.4. The molecule has 3 fully saturated rings. The molecule has 0 aromatic carbocycles. The Bertz CT molecular complexity index is 476. The number of piperidine rings is 1. The van der Waals surface area contributed by atoms with Crippen LogP contribution in [0, 0.1) is 11.3 Å². The third-order valence-electron chi connectivity index (χ3n) is 5.32. The van der Waals surface area contributed by atoms with Gasteiger partial charge >= 0.3 is 0 Å². The van der Waals surface area contributed by atoms with Crippen molar-refractivity contribution in [1.29, 1.82) is 0 Å². The Morgan fingerprint density at radius 2 is 2.18 bits per heavy atom. The molecule has 1 aromatic rings. The molecule has 2 aliphatic heterocycles. The molecule has 1 saturated carbocycles. The summed E-state index contributed by atoms with van der Waals surface area (Å²) in [5.41, 5.74) is 0.348. The van der Waals surface area contributed by atoms with E-state index in [9.17, 15) is 0 Å². The summed E-state index contributed by atoms with van der Waals surface area (Å²) < 4.78 is 6.02. The molecule has 2 saturated heterocycles. The van der Waals surface area contributed by atoms with E-state index in [1.54, 1.807) is 11.3 Å². The molecule has 3 aliphatic rings. The minimum absolute atomic E-state index is 0.348. The van der Waals surface area contributed by atoms with E-state index >= 15 is 0 Å². The van der Waals surface area contributed by atoms with E-state index in [1.807, 2.05) is 6.20 Å². The monoisotopic (exact) mass is 321 g/mol. The van der Waals surface area contributed by atoms with Crippen LogP contribution < -0.4 is 0 Å². The van der Waals surface area contributed by atoms with Crippen molar-refractivity contribution in [2.75, 3.05) is 45.9 Å². The maximum absolute atomic E-state index is 6.02. The minimum Gasteiger partial charge on any atom is -0.379 e.